The van der Waals surface area contributed by atoms with E-state index in [1.54, 1.807) is 12.1 Å². The van der Waals surface area contributed by atoms with E-state index in [1.165, 1.54) is 0 Å². The summed E-state index contributed by atoms with van der Waals surface area (Å²) < 4.78 is 0. The molecule has 0 bridgehead atoms. The van der Waals surface area contributed by atoms with Gasteiger partial charge < -0.3 is 10.8 Å². The van der Waals surface area contributed by atoms with E-state index in [2.05, 4.69) is 0 Å². The van der Waals surface area contributed by atoms with E-state index in [9.17, 15) is 5.11 Å². The minimum Gasteiger partial charge on any atom is -0.506 e. The van der Waals surface area contributed by atoms with E-state index in [0.717, 1.165) is 12.0 Å². The zero-order valence-electron chi connectivity index (χ0n) is 6.26. The van der Waals surface area contributed by atoms with Crippen molar-refractivity contribution < 1.29 is 5.11 Å². The Labute approximate surface area is 70.6 Å². The number of rotatable bonds is 1. The van der Waals surface area contributed by atoms with Gasteiger partial charge in [0.25, 0.3) is 0 Å². The number of hydrogen-bond acceptors (Lipinski definition) is 2. The Kier molecular flexibility index (Phi) is 2.25. The van der Waals surface area contributed by atoms with Crippen LogP contribution in [0.4, 0.5) is 5.69 Å². The molecule has 0 saturated carbocycles. The van der Waals surface area contributed by atoms with Gasteiger partial charge >= 0.3 is 0 Å². The number of hydrogen-bond donors (Lipinski definition) is 2. The first-order chi connectivity index (χ1) is 5.16. The SMILES string of the molecule is CCc1ccc(N)c(Cl)c1O. The zero-order valence-corrected chi connectivity index (χ0v) is 7.02. The molecule has 0 fully saturated rings. The van der Waals surface area contributed by atoms with Crippen molar-refractivity contribution in [2.75, 3.05) is 5.73 Å². The lowest BCUT2D eigenvalue weighted by molar-refractivity contribution is 0.469. The summed E-state index contributed by atoms with van der Waals surface area (Å²) >= 11 is 5.69. The first kappa shape index (κ1) is 8.21. The molecule has 1 aromatic carbocycles. The molecule has 3 N–H and O–H groups in total. The summed E-state index contributed by atoms with van der Waals surface area (Å²) in [6.07, 6.45) is 0.756. The maximum absolute atomic E-state index is 9.37. The molecule has 0 aliphatic rings. The van der Waals surface area contributed by atoms with Crippen LogP contribution in [0.15, 0.2) is 12.1 Å². The van der Waals surface area contributed by atoms with E-state index in [1.807, 2.05) is 6.92 Å². The molecule has 0 spiro atoms. The minimum atomic E-state index is 0.106. The summed E-state index contributed by atoms with van der Waals surface area (Å²) in [5.41, 5.74) is 6.69. The molecule has 11 heavy (non-hydrogen) atoms. The highest BCUT2D eigenvalue weighted by atomic mass is 35.5. The number of anilines is 1. The number of benzene rings is 1. The topological polar surface area (TPSA) is 46.2 Å². The minimum absolute atomic E-state index is 0.106. The number of aromatic hydroxyl groups is 1. The molecule has 2 nitrogen and oxygen atoms in total. The fourth-order valence-electron chi connectivity index (χ4n) is 0.905. The fourth-order valence-corrected chi connectivity index (χ4v) is 1.09. The average molecular weight is 172 g/mol. The molecule has 0 aromatic heterocycles. The molecule has 1 rings (SSSR count). The predicted octanol–water partition coefficient (Wildman–Crippen LogP) is 2.19. The Bertz CT molecular complexity index is 273. The van der Waals surface area contributed by atoms with Crippen molar-refractivity contribution >= 4 is 17.3 Å². The second kappa shape index (κ2) is 3.01. The Hall–Kier alpha value is -0.890. The summed E-state index contributed by atoms with van der Waals surface area (Å²) in [6, 6.07) is 3.47. The smallest absolute Gasteiger partial charge is 0.139 e. The Morgan fingerprint density at radius 3 is 2.73 bits per heavy atom. The third kappa shape index (κ3) is 1.40. The van der Waals surface area contributed by atoms with E-state index in [-0.39, 0.29) is 10.8 Å². The molecular formula is C8H10ClNO. The third-order valence-corrected chi connectivity index (χ3v) is 2.01. The van der Waals surface area contributed by atoms with Crippen molar-refractivity contribution in [2.24, 2.45) is 0 Å². The molecule has 1 aromatic rings. The molecule has 0 heterocycles. The van der Waals surface area contributed by atoms with Gasteiger partial charge in [0.2, 0.25) is 0 Å². The lowest BCUT2D eigenvalue weighted by Gasteiger charge is -2.04. The van der Waals surface area contributed by atoms with Crippen molar-refractivity contribution in [3.8, 4) is 5.75 Å². The highest BCUT2D eigenvalue weighted by Gasteiger charge is 2.06. The van der Waals surface area contributed by atoms with Crippen LogP contribution in [0.1, 0.15) is 12.5 Å². The summed E-state index contributed by atoms with van der Waals surface area (Å²) in [4.78, 5) is 0. The quantitative estimate of drug-likeness (QED) is 0.637. The van der Waals surface area contributed by atoms with E-state index in [4.69, 9.17) is 17.3 Å². The third-order valence-electron chi connectivity index (χ3n) is 1.61. The number of nitrogen functional groups attached to an aromatic ring is 1. The van der Waals surface area contributed by atoms with Crippen LogP contribution in [0.3, 0.4) is 0 Å². The van der Waals surface area contributed by atoms with Crippen LogP contribution in [-0.2, 0) is 6.42 Å². The van der Waals surface area contributed by atoms with Gasteiger partial charge in [-0.25, -0.2) is 0 Å². The van der Waals surface area contributed by atoms with Crippen LogP contribution in [0, 0.1) is 0 Å². The zero-order chi connectivity index (χ0) is 8.43. The molecule has 0 saturated heterocycles. The Balaban J connectivity index is 3.25. The number of phenolic OH excluding ortho intramolecular Hbond substituents is 1. The maximum Gasteiger partial charge on any atom is 0.139 e. The number of aryl methyl sites for hydroxylation is 1. The molecule has 0 amide bonds. The second-order valence-electron chi connectivity index (χ2n) is 2.33. The van der Waals surface area contributed by atoms with Crippen LogP contribution in [0.2, 0.25) is 5.02 Å². The van der Waals surface area contributed by atoms with Crippen molar-refractivity contribution in [1.82, 2.24) is 0 Å². The molecular weight excluding hydrogens is 162 g/mol. The summed E-state index contributed by atoms with van der Waals surface area (Å²) in [6.45, 7) is 1.95. The number of phenols is 1. The number of halogens is 1. The van der Waals surface area contributed by atoms with E-state index in [0.29, 0.717) is 5.69 Å². The highest BCUT2D eigenvalue weighted by Crippen LogP contribution is 2.32. The van der Waals surface area contributed by atoms with Gasteiger partial charge in [-0.2, -0.15) is 0 Å². The highest BCUT2D eigenvalue weighted by molar-refractivity contribution is 6.34. The monoisotopic (exact) mass is 171 g/mol. The number of nitrogens with two attached hydrogens (primary N) is 1. The van der Waals surface area contributed by atoms with Crippen molar-refractivity contribution in [1.29, 1.82) is 0 Å². The van der Waals surface area contributed by atoms with Crippen LogP contribution in [0.25, 0.3) is 0 Å². The molecule has 3 heteroatoms. The van der Waals surface area contributed by atoms with Crippen LogP contribution in [0.5, 0.6) is 5.75 Å². The van der Waals surface area contributed by atoms with Crippen molar-refractivity contribution in [3.63, 3.8) is 0 Å². The van der Waals surface area contributed by atoms with E-state index < -0.39 is 0 Å². The van der Waals surface area contributed by atoms with Gasteiger partial charge in [0, 0.05) is 0 Å². The van der Waals surface area contributed by atoms with Gasteiger partial charge in [-0.15, -0.1) is 0 Å². The van der Waals surface area contributed by atoms with Crippen LogP contribution in [-0.4, -0.2) is 5.11 Å². The lowest BCUT2D eigenvalue weighted by Crippen LogP contribution is -1.89. The first-order valence-corrected chi connectivity index (χ1v) is 3.80. The molecule has 0 radical (unpaired) electrons. The van der Waals surface area contributed by atoms with Gasteiger partial charge in [-0.3, -0.25) is 0 Å². The normalized spacial score (nSPS) is 10.0. The average Bonchev–Trinajstić information content (AvgIpc) is 2.01. The molecule has 0 aliphatic heterocycles. The molecule has 60 valence electrons. The van der Waals surface area contributed by atoms with E-state index >= 15 is 0 Å². The lowest BCUT2D eigenvalue weighted by atomic mass is 10.1. The molecule has 0 atom stereocenters. The Morgan fingerprint density at radius 1 is 1.55 bits per heavy atom. The van der Waals surface area contributed by atoms with Crippen LogP contribution < -0.4 is 5.73 Å². The fraction of sp³-hybridized carbons (Fsp3) is 0.250. The van der Waals surface area contributed by atoms with Crippen LogP contribution >= 0.6 is 11.6 Å². The Morgan fingerprint density at radius 2 is 2.18 bits per heavy atom. The van der Waals surface area contributed by atoms with Gasteiger partial charge in [-0.05, 0) is 18.1 Å². The molecule has 0 aliphatic carbocycles. The molecule has 0 unspecified atom stereocenters. The largest absolute Gasteiger partial charge is 0.506 e. The summed E-state index contributed by atoms with van der Waals surface area (Å²) in [5.74, 6) is 0.106. The summed E-state index contributed by atoms with van der Waals surface area (Å²) in [5, 5.41) is 9.62. The van der Waals surface area contributed by atoms with Crippen molar-refractivity contribution in [2.45, 2.75) is 13.3 Å². The maximum atomic E-state index is 9.37. The van der Waals surface area contributed by atoms with Gasteiger partial charge in [0.15, 0.2) is 0 Å². The van der Waals surface area contributed by atoms with Gasteiger partial charge in [-0.1, -0.05) is 24.6 Å². The standard InChI is InChI=1S/C8H10ClNO/c1-2-5-3-4-6(10)7(9)8(5)11/h3-4,11H,2,10H2,1H3. The summed E-state index contributed by atoms with van der Waals surface area (Å²) in [7, 11) is 0. The second-order valence-corrected chi connectivity index (χ2v) is 2.71. The first-order valence-electron chi connectivity index (χ1n) is 3.42. The van der Waals surface area contributed by atoms with Crippen molar-refractivity contribution in [3.05, 3.63) is 22.7 Å². The van der Waals surface area contributed by atoms with Gasteiger partial charge in [0.1, 0.15) is 10.8 Å². The predicted molar refractivity (Wildman–Crippen MR) is 46.9 cm³/mol. The van der Waals surface area contributed by atoms with Gasteiger partial charge in [0.05, 0.1) is 5.69 Å².